The molecule has 1 atom stereocenters. The van der Waals surface area contributed by atoms with Gasteiger partial charge in [0.05, 0.1) is 18.8 Å². The number of hydrogen-bond donors (Lipinski definition) is 2. The fraction of sp³-hybridized carbons (Fsp3) is 0.533. The molecule has 1 aromatic carbocycles. The fourth-order valence-corrected chi connectivity index (χ4v) is 2.13. The summed E-state index contributed by atoms with van der Waals surface area (Å²) in [5.74, 6) is 0.535. The maximum absolute atomic E-state index is 12.3. The van der Waals surface area contributed by atoms with Gasteiger partial charge < -0.3 is 15.8 Å². The second kappa shape index (κ2) is 7.75. The Balaban J connectivity index is 2.79. The van der Waals surface area contributed by atoms with Crippen LogP contribution in [0.2, 0.25) is 0 Å². The molecule has 0 radical (unpaired) electrons. The van der Waals surface area contributed by atoms with Crippen LogP contribution in [0.25, 0.3) is 0 Å². The van der Waals surface area contributed by atoms with E-state index in [2.05, 4.69) is 24.1 Å². The maximum atomic E-state index is 12.3. The number of benzene rings is 1. The average Bonchev–Trinajstić information content (AvgIpc) is 2.45. The zero-order chi connectivity index (χ0) is 15.1. The van der Waals surface area contributed by atoms with Gasteiger partial charge in [0, 0.05) is 11.8 Å². The molecule has 0 aliphatic carbocycles. The smallest absolute Gasteiger partial charge is 0.241 e. The zero-order valence-corrected chi connectivity index (χ0v) is 12.8. The van der Waals surface area contributed by atoms with Gasteiger partial charge in [-0.25, -0.2) is 0 Å². The van der Waals surface area contributed by atoms with Crippen LogP contribution in [0.15, 0.2) is 18.2 Å². The van der Waals surface area contributed by atoms with Gasteiger partial charge in [-0.3, -0.25) is 9.69 Å². The molecule has 0 saturated heterocycles. The molecule has 1 amide bonds. The van der Waals surface area contributed by atoms with Gasteiger partial charge in [0.1, 0.15) is 5.75 Å². The lowest BCUT2D eigenvalue weighted by Gasteiger charge is -2.26. The SMILES string of the molecule is CCCN(CC)C(C)C(=O)Nc1ccc(N)cc1OC. The van der Waals surface area contributed by atoms with Gasteiger partial charge in [-0.1, -0.05) is 13.8 Å². The van der Waals surface area contributed by atoms with E-state index >= 15 is 0 Å². The topological polar surface area (TPSA) is 67.6 Å². The van der Waals surface area contributed by atoms with Crippen LogP contribution >= 0.6 is 0 Å². The maximum Gasteiger partial charge on any atom is 0.241 e. The molecule has 5 nitrogen and oxygen atoms in total. The number of hydrogen-bond acceptors (Lipinski definition) is 4. The van der Waals surface area contributed by atoms with E-state index in [-0.39, 0.29) is 11.9 Å². The van der Waals surface area contributed by atoms with Crippen molar-refractivity contribution < 1.29 is 9.53 Å². The Kier molecular flexibility index (Phi) is 6.31. The molecule has 112 valence electrons. The van der Waals surface area contributed by atoms with E-state index in [1.54, 1.807) is 25.3 Å². The van der Waals surface area contributed by atoms with E-state index in [1.165, 1.54) is 0 Å². The number of carbonyl (C=O) groups excluding carboxylic acids is 1. The number of amides is 1. The third-order valence-electron chi connectivity index (χ3n) is 3.33. The van der Waals surface area contributed by atoms with E-state index in [1.807, 2.05) is 6.92 Å². The number of methoxy groups -OCH3 is 1. The first-order chi connectivity index (χ1) is 9.53. The molecule has 0 bridgehead atoms. The standard InChI is InChI=1S/C15H25N3O2/c1-5-9-18(6-2)11(3)15(19)17-13-8-7-12(16)10-14(13)20-4/h7-8,10-11H,5-6,9,16H2,1-4H3,(H,17,19). The summed E-state index contributed by atoms with van der Waals surface area (Å²) >= 11 is 0. The summed E-state index contributed by atoms with van der Waals surface area (Å²) in [6.45, 7) is 7.84. The molecule has 0 aromatic heterocycles. The zero-order valence-electron chi connectivity index (χ0n) is 12.8. The summed E-state index contributed by atoms with van der Waals surface area (Å²) in [5.41, 5.74) is 6.95. The van der Waals surface area contributed by atoms with E-state index in [0.29, 0.717) is 17.1 Å². The fourth-order valence-electron chi connectivity index (χ4n) is 2.13. The summed E-state index contributed by atoms with van der Waals surface area (Å²) in [6.07, 6.45) is 1.02. The predicted molar refractivity (Wildman–Crippen MR) is 83.0 cm³/mol. The number of nitrogen functional groups attached to an aromatic ring is 1. The van der Waals surface area contributed by atoms with Crippen molar-refractivity contribution in [1.29, 1.82) is 0 Å². The lowest BCUT2D eigenvalue weighted by atomic mass is 10.2. The van der Waals surface area contributed by atoms with Crippen LogP contribution < -0.4 is 15.8 Å². The number of ether oxygens (including phenoxy) is 1. The number of anilines is 2. The minimum Gasteiger partial charge on any atom is -0.494 e. The van der Waals surface area contributed by atoms with Gasteiger partial charge in [0.15, 0.2) is 0 Å². The first-order valence-electron chi connectivity index (χ1n) is 7.01. The van der Waals surface area contributed by atoms with Gasteiger partial charge in [0.25, 0.3) is 0 Å². The molecule has 20 heavy (non-hydrogen) atoms. The van der Waals surface area contributed by atoms with Crippen molar-refractivity contribution in [3.05, 3.63) is 18.2 Å². The van der Waals surface area contributed by atoms with Crippen molar-refractivity contribution in [3.63, 3.8) is 0 Å². The first-order valence-corrected chi connectivity index (χ1v) is 7.01. The Bertz CT molecular complexity index is 449. The van der Waals surface area contributed by atoms with Gasteiger partial charge in [-0.15, -0.1) is 0 Å². The summed E-state index contributed by atoms with van der Waals surface area (Å²) in [5, 5.41) is 2.90. The molecule has 1 unspecified atom stereocenters. The lowest BCUT2D eigenvalue weighted by molar-refractivity contribution is -0.120. The quantitative estimate of drug-likeness (QED) is 0.752. The summed E-state index contributed by atoms with van der Waals surface area (Å²) < 4.78 is 5.23. The van der Waals surface area contributed by atoms with E-state index in [0.717, 1.165) is 19.5 Å². The van der Waals surface area contributed by atoms with Crippen LogP contribution in [0, 0.1) is 0 Å². The average molecular weight is 279 g/mol. The highest BCUT2D eigenvalue weighted by molar-refractivity contribution is 5.96. The summed E-state index contributed by atoms with van der Waals surface area (Å²) in [4.78, 5) is 14.4. The molecule has 1 aromatic rings. The van der Waals surface area contributed by atoms with E-state index in [4.69, 9.17) is 10.5 Å². The molecule has 0 spiro atoms. The van der Waals surface area contributed by atoms with Crippen LogP contribution in [0.3, 0.4) is 0 Å². The molecule has 0 aliphatic rings. The second-order valence-corrected chi connectivity index (χ2v) is 4.75. The second-order valence-electron chi connectivity index (χ2n) is 4.75. The van der Waals surface area contributed by atoms with Gasteiger partial charge in [-0.05, 0) is 38.6 Å². The van der Waals surface area contributed by atoms with Gasteiger partial charge in [0.2, 0.25) is 5.91 Å². The van der Waals surface area contributed by atoms with E-state index < -0.39 is 0 Å². The Hall–Kier alpha value is -1.75. The van der Waals surface area contributed by atoms with Crippen molar-refractivity contribution in [3.8, 4) is 5.75 Å². The monoisotopic (exact) mass is 279 g/mol. The Labute approximate surface area is 121 Å². The highest BCUT2D eigenvalue weighted by Gasteiger charge is 2.20. The number of nitrogens with two attached hydrogens (primary N) is 1. The van der Waals surface area contributed by atoms with Crippen LogP contribution in [0.1, 0.15) is 27.2 Å². The molecule has 0 saturated carbocycles. The third-order valence-corrected chi connectivity index (χ3v) is 3.33. The number of nitrogens with zero attached hydrogens (tertiary/aromatic N) is 1. The number of nitrogens with one attached hydrogen (secondary N) is 1. The van der Waals surface area contributed by atoms with Crippen LogP contribution in [0.4, 0.5) is 11.4 Å². The van der Waals surface area contributed by atoms with Crippen LogP contribution in [0.5, 0.6) is 5.75 Å². The molecule has 0 heterocycles. The van der Waals surface area contributed by atoms with Crippen molar-refractivity contribution in [2.24, 2.45) is 0 Å². The van der Waals surface area contributed by atoms with Crippen molar-refractivity contribution in [1.82, 2.24) is 4.90 Å². The number of carbonyl (C=O) groups is 1. The summed E-state index contributed by atoms with van der Waals surface area (Å²) in [6, 6.07) is 5.02. The molecular formula is C15H25N3O2. The van der Waals surface area contributed by atoms with Gasteiger partial charge >= 0.3 is 0 Å². The highest BCUT2D eigenvalue weighted by Crippen LogP contribution is 2.26. The minimum atomic E-state index is -0.179. The van der Waals surface area contributed by atoms with Crippen LogP contribution in [-0.2, 0) is 4.79 Å². The Morgan fingerprint density at radius 2 is 2.15 bits per heavy atom. The molecule has 0 fully saturated rings. The lowest BCUT2D eigenvalue weighted by Crippen LogP contribution is -2.42. The first kappa shape index (κ1) is 16.3. The Morgan fingerprint density at radius 3 is 2.70 bits per heavy atom. The van der Waals surface area contributed by atoms with Gasteiger partial charge in [-0.2, -0.15) is 0 Å². The van der Waals surface area contributed by atoms with Crippen molar-refractivity contribution >= 4 is 17.3 Å². The summed E-state index contributed by atoms with van der Waals surface area (Å²) in [7, 11) is 1.56. The molecular weight excluding hydrogens is 254 g/mol. The largest absolute Gasteiger partial charge is 0.494 e. The number of rotatable bonds is 7. The molecule has 5 heteroatoms. The van der Waals surface area contributed by atoms with Crippen molar-refractivity contribution in [2.75, 3.05) is 31.2 Å². The predicted octanol–water partition coefficient (Wildman–Crippen LogP) is 2.34. The third kappa shape index (κ3) is 4.13. The molecule has 3 N–H and O–H groups in total. The van der Waals surface area contributed by atoms with Crippen molar-refractivity contribution in [2.45, 2.75) is 33.2 Å². The Morgan fingerprint density at radius 1 is 1.45 bits per heavy atom. The molecule has 0 aliphatic heterocycles. The normalized spacial score (nSPS) is 12.2. The number of likely N-dealkylation sites (N-methyl/N-ethyl adjacent to an activating group) is 1. The van der Waals surface area contributed by atoms with E-state index in [9.17, 15) is 4.79 Å². The highest BCUT2D eigenvalue weighted by atomic mass is 16.5. The minimum absolute atomic E-state index is 0.0385. The molecule has 1 rings (SSSR count). The van der Waals surface area contributed by atoms with Crippen LogP contribution in [-0.4, -0.2) is 37.0 Å².